The lowest BCUT2D eigenvalue weighted by Crippen LogP contribution is -2.42. The zero-order valence-corrected chi connectivity index (χ0v) is 13.2. The lowest BCUT2D eigenvalue weighted by atomic mass is 9.92. The van der Waals surface area contributed by atoms with Gasteiger partial charge in [-0.3, -0.25) is 4.79 Å². The summed E-state index contributed by atoms with van der Waals surface area (Å²) in [5.41, 5.74) is 1.14. The highest BCUT2D eigenvalue weighted by Gasteiger charge is 2.28. The molecule has 0 bridgehead atoms. The molecule has 2 heterocycles. The van der Waals surface area contributed by atoms with E-state index in [9.17, 15) is 4.79 Å². The van der Waals surface area contributed by atoms with E-state index in [1.165, 1.54) is 16.5 Å². The standard InChI is InChI=1S/C17H21NOS/c1-11-8-12(2)10-18(9-11)17(19)16-13(3)14-6-4-5-7-15(14)20-16/h4-7,11-12H,8-10H2,1-3H3. The van der Waals surface area contributed by atoms with Gasteiger partial charge < -0.3 is 4.90 Å². The zero-order chi connectivity index (χ0) is 14.3. The van der Waals surface area contributed by atoms with Crippen LogP contribution in [0.2, 0.25) is 0 Å². The zero-order valence-electron chi connectivity index (χ0n) is 12.3. The van der Waals surface area contributed by atoms with E-state index >= 15 is 0 Å². The van der Waals surface area contributed by atoms with E-state index in [0.29, 0.717) is 11.8 Å². The Morgan fingerprint density at radius 3 is 2.50 bits per heavy atom. The molecular formula is C17H21NOS. The van der Waals surface area contributed by atoms with E-state index in [2.05, 4.69) is 37.8 Å². The molecule has 0 radical (unpaired) electrons. The number of carbonyl (C=O) groups excluding carboxylic acids is 1. The number of nitrogens with zero attached hydrogens (tertiary/aromatic N) is 1. The van der Waals surface area contributed by atoms with Crippen molar-refractivity contribution in [3.8, 4) is 0 Å². The van der Waals surface area contributed by atoms with E-state index in [1.807, 2.05) is 12.1 Å². The van der Waals surface area contributed by atoms with E-state index < -0.39 is 0 Å². The number of hydrogen-bond acceptors (Lipinski definition) is 2. The maximum Gasteiger partial charge on any atom is 0.264 e. The molecule has 0 saturated carbocycles. The third-order valence-corrected chi connectivity index (χ3v) is 5.45. The minimum Gasteiger partial charge on any atom is -0.337 e. The number of rotatable bonds is 1. The van der Waals surface area contributed by atoms with Crippen LogP contribution in [-0.4, -0.2) is 23.9 Å². The van der Waals surface area contributed by atoms with Crippen LogP contribution in [0.15, 0.2) is 24.3 Å². The quantitative estimate of drug-likeness (QED) is 0.764. The van der Waals surface area contributed by atoms with Crippen LogP contribution in [0.5, 0.6) is 0 Å². The van der Waals surface area contributed by atoms with Crippen molar-refractivity contribution >= 4 is 27.3 Å². The summed E-state index contributed by atoms with van der Waals surface area (Å²) in [6.45, 7) is 8.36. The predicted octanol–water partition coefficient (Wildman–Crippen LogP) is 4.33. The summed E-state index contributed by atoms with van der Waals surface area (Å²) in [6.07, 6.45) is 1.23. The van der Waals surface area contributed by atoms with Crippen LogP contribution in [-0.2, 0) is 0 Å². The van der Waals surface area contributed by atoms with Gasteiger partial charge >= 0.3 is 0 Å². The second kappa shape index (κ2) is 5.21. The van der Waals surface area contributed by atoms with Crippen molar-refractivity contribution in [2.75, 3.05) is 13.1 Å². The van der Waals surface area contributed by atoms with Gasteiger partial charge in [-0.25, -0.2) is 0 Å². The van der Waals surface area contributed by atoms with Gasteiger partial charge in [0.25, 0.3) is 5.91 Å². The van der Waals surface area contributed by atoms with E-state index in [4.69, 9.17) is 0 Å². The van der Waals surface area contributed by atoms with Gasteiger partial charge in [0.05, 0.1) is 4.88 Å². The summed E-state index contributed by atoms with van der Waals surface area (Å²) in [5, 5.41) is 1.22. The van der Waals surface area contributed by atoms with Crippen LogP contribution in [0.4, 0.5) is 0 Å². The van der Waals surface area contributed by atoms with Crippen molar-refractivity contribution in [2.24, 2.45) is 11.8 Å². The molecule has 0 N–H and O–H groups in total. The molecule has 20 heavy (non-hydrogen) atoms. The Balaban J connectivity index is 1.94. The van der Waals surface area contributed by atoms with Crippen molar-refractivity contribution in [3.05, 3.63) is 34.7 Å². The molecule has 3 rings (SSSR count). The highest BCUT2D eigenvalue weighted by molar-refractivity contribution is 7.21. The molecule has 2 nitrogen and oxygen atoms in total. The van der Waals surface area contributed by atoms with Gasteiger partial charge in [-0.15, -0.1) is 11.3 Å². The molecule has 2 atom stereocenters. The summed E-state index contributed by atoms with van der Waals surface area (Å²) in [5.74, 6) is 1.44. The molecule has 3 heteroatoms. The van der Waals surface area contributed by atoms with Gasteiger partial charge in [-0.05, 0) is 42.2 Å². The maximum atomic E-state index is 12.8. The smallest absolute Gasteiger partial charge is 0.264 e. The average molecular weight is 287 g/mol. The van der Waals surface area contributed by atoms with Crippen LogP contribution in [0, 0.1) is 18.8 Å². The molecule has 2 aromatic rings. The topological polar surface area (TPSA) is 20.3 Å². The Kier molecular flexibility index (Phi) is 3.55. The Labute approximate surface area is 124 Å². The summed E-state index contributed by atoms with van der Waals surface area (Å²) < 4.78 is 1.21. The Morgan fingerprint density at radius 1 is 1.20 bits per heavy atom. The number of carbonyl (C=O) groups is 1. The molecule has 1 aliphatic rings. The fourth-order valence-corrected chi connectivity index (χ4v) is 4.53. The molecule has 0 spiro atoms. The number of piperidine rings is 1. The summed E-state index contributed by atoms with van der Waals surface area (Å²) in [4.78, 5) is 15.8. The highest BCUT2D eigenvalue weighted by Crippen LogP contribution is 2.32. The Morgan fingerprint density at radius 2 is 1.85 bits per heavy atom. The third-order valence-electron chi connectivity index (χ3n) is 4.19. The van der Waals surface area contributed by atoms with Crippen molar-refractivity contribution in [3.63, 3.8) is 0 Å². The van der Waals surface area contributed by atoms with Gasteiger partial charge in [0.1, 0.15) is 0 Å². The van der Waals surface area contributed by atoms with E-state index in [-0.39, 0.29) is 5.91 Å². The minimum absolute atomic E-state index is 0.224. The monoisotopic (exact) mass is 287 g/mol. The summed E-state index contributed by atoms with van der Waals surface area (Å²) in [6, 6.07) is 8.30. The first-order chi connectivity index (χ1) is 9.56. The molecule has 1 aromatic heterocycles. The number of fused-ring (bicyclic) bond motifs is 1. The van der Waals surface area contributed by atoms with Crippen LogP contribution in [0.1, 0.15) is 35.5 Å². The first-order valence-corrected chi connectivity index (χ1v) is 8.15. The number of benzene rings is 1. The van der Waals surface area contributed by atoms with Crippen LogP contribution < -0.4 is 0 Å². The molecule has 1 aromatic carbocycles. The van der Waals surface area contributed by atoms with Gasteiger partial charge in [-0.1, -0.05) is 32.0 Å². The predicted molar refractivity (Wildman–Crippen MR) is 85.4 cm³/mol. The molecule has 1 saturated heterocycles. The van der Waals surface area contributed by atoms with Crippen LogP contribution in [0.25, 0.3) is 10.1 Å². The molecule has 0 aliphatic carbocycles. The molecule has 1 aliphatic heterocycles. The normalized spacial score (nSPS) is 23.2. The fourth-order valence-electron chi connectivity index (χ4n) is 3.35. The van der Waals surface area contributed by atoms with Crippen molar-refractivity contribution in [1.82, 2.24) is 4.90 Å². The lowest BCUT2D eigenvalue weighted by molar-refractivity contribution is 0.0627. The molecule has 106 valence electrons. The minimum atomic E-state index is 0.224. The first kappa shape index (κ1) is 13.6. The highest BCUT2D eigenvalue weighted by atomic mass is 32.1. The SMILES string of the molecule is Cc1c(C(=O)N2CC(C)CC(C)C2)sc2ccccc12. The van der Waals surface area contributed by atoms with Gasteiger partial charge in [-0.2, -0.15) is 0 Å². The maximum absolute atomic E-state index is 12.8. The Bertz CT molecular complexity index is 635. The second-order valence-electron chi connectivity index (χ2n) is 6.21. The van der Waals surface area contributed by atoms with Crippen molar-refractivity contribution in [2.45, 2.75) is 27.2 Å². The molecule has 1 fully saturated rings. The van der Waals surface area contributed by atoms with Crippen molar-refractivity contribution < 1.29 is 4.79 Å². The van der Waals surface area contributed by atoms with Crippen LogP contribution >= 0.6 is 11.3 Å². The number of aryl methyl sites for hydroxylation is 1. The molecular weight excluding hydrogens is 266 g/mol. The van der Waals surface area contributed by atoms with E-state index in [0.717, 1.165) is 23.5 Å². The number of amides is 1. The third kappa shape index (κ3) is 2.35. The van der Waals surface area contributed by atoms with Crippen molar-refractivity contribution in [1.29, 1.82) is 0 Å². The number of hydrogen-bond donors (Lipinski definition) is 0. The molecule has 1 amide bonds. The van der Waals surface area contributed by atoms with Gasteiger partial charge in [0, 0.05) is 17.8 Å². The largest absolute Gasteiger partial charge is 0.337 e. The van der Waals surface area contributed by atoms with Gasteiger partial charge in [0.15, 0.2) is 0 Å². The fraction of sp³-hybridized carbons (Fsp3) is 0.471. The first-order valence-electron chi connectivity index (χ1n) is 7.33. The van der Waals surface area contributed by atoms with Gasteiger partial charge in [0.2, 0.25) is 0 Å². The lowest BCUT2D eigenvalue weighted by Gasteiger charge is -2.34. The van der Waals surface area contributed by atoms with Crippen LogP contribution in [0.3, 0.4) is 0 Å². The average Bonchev–Trinajstić information content (AvgIpc) is 2.75. The number of likely N-dealkylation sites (tertiary alicyclic amines) is 1. The summed E-state index contributed by atoms with van der Waals surface area (Å²) >= 11 is 1.64. The Hall–Kier alpha value is -1.35. The molecule has 2 unspecified atom stereocenters. The van der Waals surface area contributed by atoms with E-state index in [1.54, 1.807) is 11.3 Å². The summed E-state index contributed by atoms with van der Waals surface area (Å²) in [7, 11) is 0. The second-order valence-corrected chi connectivity index (χ2v) is 7.26. The number of thiophene rings is 1.